The average Bonchev–Trinajstić information content (AvgIpc) is 2.93. The summed E-state index contributed by atoms with van der Waals surface area (Å²) in [5.74, 6) is 0.846. The molecule has 2 saturated heterocycles. The highest BCUT2D eigenvalue weighted by Crippen LogP contribution is 2.32. The first kappa shape index (κ1) is 19.6. The summed E-state index contributed by atoms with van der Waals surface area (Å²) < 4.78 is 56.2. The summed E-state index contributed by atoms with van der Waals surface area (Å²) >= 11 is 0. The maximum atomic E-state index is 13.2. The summed E-state index contributed by atoms with van der Waals surface area (Å²) in [6.07, 6.45) is 1.96. The van der Waals surface area contributed by atoms with E-state index in [0.717, 1.165) is 25.9 Å². The van der Waals surface area contributed by atoms with Gasteiger partial charge in [0.1, 0.15) is 5.75 Å². The van der Waals surface area contributed by atoms with Crippen LogP contribution in [0.4, 0.5) is 0 Å². The maximum Gasteiger partial charge on any atom is 0.183 e. The molecular weight excluding hydrogens is 374 g/mol. The van der Waals surface area contributed by atoms with Gasteiger partial charge in [-0.25, -0.2) is 16.8 Å². The lowest BCUT2D eigenvalue weighted by atomic mass is 9.98. The molecule has 0 N–H and O–H groups in total. The number of benzene rings is 1. The summed E-state index contributed by atoms with van der Waals surface area (Å²) in [5.41, 5.74) is 0. The van der Waals surface area contributed by atoms with Crippen molar-refractivity contribution in [2.45, 2.75) is 42.9 Å². The van der Waals surface area contributed by atoms with Crippen LogP contribution in [0.25, 0.3) is 0 Å². The van der Waals surface area contributed by atoms with Gasteiger partial charge < -0.3 is 4.74 Å². The molecule has 8 heteroatoms. The molecule has 6 nitrogen and oxygen atoms in total. The van der Waals surface area contributed by atoms with Crippen LogP contribution in [0, 0.1) is 5.92 Å². The van der Waals surface area contributed by atoms with Gasteiger partial charge in [-0.05, 0) is 63.0 Å². The first-order valence-corrected chi connectivity index (χ1v) is 12.5. The van der Waals surface area contributed by atoms with Crippen molar-refractivity contribution in [2.24, 2.45) is 5.92 Å². The normalized spacial score (nSPS) is 27.5. The first-order valence-electron chi connectivity index (χ1n) is 9.14. The molecule has 0 amide bonds. The summed E-state index contributed by atoms with van der Waals surface area (Å²) in [4.78, 5) is 2.24. The highest BCUT2D eigenvalue weighted by Gasteiger charge is 2.48. The Morgan fingerprint density at radius 2 is 1.73 bits per heavy atom. The minimum atomic E-state index is -3.73. The van der Waals surface area contributed by atoms with E-state index in [9.17, 15) is 16.8 Å². The molecule has 0 bridgehead atoms. The minimum Gasteiger partial charge on any atom is -0.494 e. The van der Waals surface area contributed by atoms with Crippen molar-refractivity contribution in [3.05, 3.63) is 24.3 Å². The molecule has 2 fully saturated rings. The molecule has 0 saturated carbocycles. The largest absolute Gasteiger partial charge is 0.494 e. The molecule has 0 spiro atoms. The van der Waals surface area contributed by atoms with E-state index in [-0.39, 0.29) is 16.4 Å². The van der Waals surface area contributed by atoms with Gasteiger partial charge in [0.25, 0.3) is 0 Å². The Morgan fingerprint density at radius 1 is 1.12 bits per heavy atom. The molecule has 0 aromatic heterocycles. The second-order valence-corrected chi connectivity index (χ2v) is 11.7. The summed E-state index contributed by atoms with van der Waals surface area (Å²) in [7, 11) is -7.09. The van der Waals surface area contributed by atoms with Crippen molar-refractivity contribution in [1.29, 1.82) is 0 Å². The van der Waals surface area contributed by atoms with Crippen molar-refractivity contribution in [3.8, 4) is 5.75 Å². The number of nitrogens with zero attached hydrogens (tertiary/aromatic N) is 1. The zero-order valence-electron chi connectivity index (χ0n) is 15.3. The van der Waals surface area contributed by atoms with E-state index in [0.29, 0.717) is 18.3 Å². The van der Waals surface area contributed by atoms with Gasteiger partial charge in [0, 0.05) is 6.04 Å². The van der Waals surface area contributed by atoms with E-state index in [1.54, 1.807) is 12.1 Å². The van der Waals surface area contributed by atoms with E-state index in [1.165, 1.54) is 12.1 Å². The van der Waals surface area contributed by atoms with Crippen molar-refractivity contribution in [1.82, 2.24) is 4.90 Å². The standard InChI is InChI=1S/C18H27NO5S2/c1-3-24-15-4-6-16(7-5-15)26(22,23)18-13-25(20,21)12-17(18)19-10-8-14(2)9-11-19/h4-7,14,17-18H,3,8-13H2,1-2H3. The van der Waals surface area contributed by atoms with Crippen molar-refractivity contribution < 1.29 is 21.6 Å². The van der Waals surface area contributed by atoms with Crippen LogP contribution >= 0.6 is 0 Å². The fraction of sp³-hybridized carbons (Fsp3) is 0.667. The predicted molar refractivity (Wildman–Crippen MR) is 101 cm³/mol. The lowest BCUT2D eigenvalue weighted by molar-refractivity contribution is 0.151. The molecule has 2 unspecified atom stereocenters. The molecule has 26 heavy (non-hydrogen) atoms. The lowest BCUT2D eigenvalue weighted by Gasteiger charge is -2.36. The third-order valence-electron chi connectivity index (χ3n) is 5.42. The maximum absolute atomic E-state index is 13.2. The molecule has 2 heterocycles. The van der Waals surface area contributed by atoms with E-state index < -0.39 is 31.0 Å². The number of sulfone groups is 2. The van der Waals surface area contributed by atoms with Gasteiger partial charge in [-0.1, -0.05) is 6.92 Å². The SMILES string of the molecule is CCOc1ccc(S(=O)(=O)C2CS(=O)(=O)CC2N2CCC(C)CC2)cc1. The Kier molecular flexibility index (Phi) is 5.65. The Morgan fingerprint density at radius 3 is 2.31 bits per heavy atom. The Balaban J connectivity index is 1.88. The second kappa shape index (κ2) is 7.48. The number of hydrogen-bond acceptors (Lipinski definition) is 6. The molecule has 0 radical (unpaired) electrons. The van der Waals surface area contributed by atoms with Crippen LogP contribution in [-0.4, -0.2) is 64.2 Å². The zero-order valence-corrected chi connectivity index (χ0v) is 16.9. The number of hydrogen-bond donors (Lipinski definition) is 0. The Labute approximate surface area is 156 Å². The number of piperidine rings is 1. The first-order chi connectivity index (χ1) is 12.2. The molecule has 2 aliphatic rings. The van der Waals surface area contributed by atoms with Crippen LogP contribution in [0.1, 0.15) is 26.7 Å². The number of ether oxygens (including phenoxy) is 1. The summed E-state index contributed by atoms with van der Waals surface area (Å²) in [5, 5.41) is -0.904. The third kappa shape index (κ3) is 4.07. The van der Waals surface area contributed by atoms with Gasteiger partial charge in [0.15, 0.2) is 19.7 Å². The Hall–Kier alpha value is -1.12. The van der Waals surface area contributed by atoms with E-state index >= 15 is 0 Å². The summed E-state index contributed by atoms with van der Waals surface area (Å²) in [6.45, 7) is 6.06. The molecule has 146 valence electrons. The van der Waals surface area contributed by atoms with Crippen LogP contribution in [0.5, 0.6) is 5.75 Å². The monoisotopic (exact) mass is 401 g/mol. The smallest absolute Gasteiger partial charge is 0.183 e. The van der Waals surface area contributed by atoms with Gasteiger partial charge in [0.05, 0.1) is 28.3 Å². The van der Waals surface area contributed by atoms with Crippen molar-refractivity contribution >= 4 is 19.7 Å². The fourth-order valence-electron chi connectivity index (χ4n) is 3.86. The quantitative estimate of drug-likeness (QED) is 0.748. The van der Waals surface area contributed by atoms with E-state index in [2.05, 4.69) is 11.8 Å². The average molecular weight is 402 g/mol. The minimum absolute atomic E-state index is 0.0672. The molecule has 0 aliphatic carbocycles. The number of rotatable bonds is 5. The molecule has 3 rings (SSSR count). The van der Waals surface area contributed by atoms with Crippen LogP contribution in [0.2, 0.25) is 0 Å². The second-order valence-electron chi connectivity index (χ2n) is 7.35. The van der Waals surface area contributed by atoms with Gasteiger partial charge >= 0.3 is 0 Å². The lowest BCUT2D eigenvalue weighted by Crippen LogP contribution is -2.49. The van der Waals surface area contributed by atoms with Crippen LogP contribution in [0.3, 0.4) is 0 Å². The Bertz CT molecular complexity index is 825. The van der Waals surface area contributed by atoms with Gasteiger partial charge in [-0.3, -0.25) is 4.90 Å². The van der Waals surface area contributed by atoms with Crippen LogP contribution in [0.15, 0.2) is 29.2 Å². The highest BCUT2D eigenvalue weighted by atomic mass is 32.2. The molecule has 2 aliphatic heterocycles. The van der Waals surface area contributed by atoms with Crippen LogP contribution < -0.4 is 4.74 Å². The summed E-state index contributed by atoms with van der Waals surface area (Å²) in [6, 6.07) is 5.82. The molecule has 2 atom stereocenters. The van der Waals surface area contributed by atoms with E-state index in [1.807, 2.05) is 6.92 Å². The fourth-order valence-corrected chi connectivity index (χ4v) is 8.69. The third-order valence-corrected chi connectivity index (χ3v) is 9.56. The van der Waals surface area contributed by atoms with Crippen LogP contribution in [-0.2, 0) is 19.7 Å². The van der Waals surface area contributed by atoms with Crippen molar-refractivity contribution in [3.63, 3.8) is 0 Å². The zero-order chi connectivity index (χ0) is 18.9. The van der Waals surface area contributed by atoms with Gasteiger partial charge in [-0.2, -0.15) is 0 Å². The topological polar surface area (TPSA) is 80.8 Å². The van der Waals surface area contributed by atoms with E-state index in [4.69, 9.17) is 4.74 Å². The predicted octanol–water partition coefficient (Wildman–Crippen LogP) is 1.76. The molecule has 1 aromatic rings. The number of likely N-dealkylation sites (tertiary alicyclic amines) is 1. The highest BCUT2D eigenvalue weighted by molar-refractivity contribution is 7.96. The van der Waals surface area contributed by atoms with Crippen molar-refractivity contribution in [2.75, 3.05) is 31.2 Å². The molecular formula is C18H27NO5S2. The van der Waals surface area contributed by atoms with Gasteiger partial charge in [-0.15, -0.1) is 0 Å². The van der Waals surface area contributed by atoms with Gasteiger partial charge in [0.2, 0.25) is 0 Å². The molecule has 1 aromatic carbocycles.